The van der Waals surface area contributed by atoms with Gasteiger partial charge in [0.15, 0.2) is 0 Å². The van der Waals surface area contributed by atoms with Gasteiger partial charge in [0.2, 0.25) is 17.7 Å². The van der Waals surface area contributed by atoms with Crippen molar-refractivity contribution in [2.24, 2.45) is 23.7 Å². The second-order valence-corrected chi connectivity index (χ2v) is 13.1. The summed E-state index contributed by atoms with van der Waals surface area (Å²) in [5.41, 5.74) is 1.96. The average molecular weight is 608 g/mol. The lowest BCUT2D eigenvalue weighted by Gasteiger charge is -2.43. The van der Waals surface area contributed by atoms with Crippen molar-refractivity contribution >= 4 is 52.5 Å². The van der Waals surface area contributed by atoms with E-state index < -0.39 is 5.92 Å². The van der Waals surface area contributed by atoms with Crippen molar-refractivity contribution in [1.82, 2.24) is 10.6 Å². The van der Waals surface area contributed by atoms with Gasteiger partial charge in [0.05, 0.1) is 0 Å². The summed E-state index contributed by atoms with van der Waals surface area (Å²) in [5.74, 6) is -0.719. The fourth-order valence-electron chi connectivity index (χ4n) is 5.66. The standard InChI is InChI=1S/C32H41Cl3N2O3/c1-19(2)5-15-29(38)36-18-27-26(32(40)37-30(39)16-6-20(3)4)14-13-25(24-12-11-23(34)17-28(24)35)31(27)21-7-9-22(33)10-8-21/h7-12,17,19-20,25-27,31H,5-6,13-16,18H2,1-4H3,(H,36,38)(H,37,39,40)/t25-,26+,27+,31-/m0/s1. The summed E-state index contributed by atoms with van der Waals surface area (Å²) in [7, 11) is 0. The van der Waals surface area contributed by atoms with Crippen molar-refractivity contribution in [2.75, 3.05) is 6.54 Å². The number of nitrogens with one attached hydrogen (secondary N) is 2. The Hall–Kier alpha value is -2.08. The Morgan fingerprint density at radius 2 is 1.43 bits per heavy atom. The van der Waals surface area contributed by atoms with Crippen LogP contribution in [-0.2, 0) is 14.4 Å². The minimum Gasteiger partial charge on any atom is -0.356 e. The lowest BCUT2D eigenvalue weighted by Crippen LogP contribution is -2.47. The Morgan fingerprint density at radius 1 is 0.825 bits per heavy atom. The average Bonchev–Trinajstić information content (AvgIpc) is 2.89. The van der Waals surface area contributed by atoms with Gasteiger partial charge >= 0.3 is 0 Å². The Morgan fingerprint density at radius 3 is 2.02 bits per heavy atom. The summed E-state index contributed by atoms with van der Waals surface area (Å²) < 4.78 is 0. The third-order valence-electron chi connectivity index (χ3n) is 7.85. The number of imide groups is 1. The van der Waals surface area contributed by atoms with E-state index >= 15 is 0 Å². The third kappa shape index (κ3) is 9.22. The zero-order valence-corrected chi connectivity index (χ0v) is 26.1. The van der Waals surface area contributed by atoms with Crippen LogP contribution in [0.3, 0.4) is 0 Å². The maximum absolute atomic E-state index is 13.6. The summed E-state index contributed by atoms with van der Waals surface area (Å²) in [6.45, 7) is 8.58. The highest BCUT2D eigenvalue weighted by atomic mass is 35.5. The quantitative estimate of drug-likeness (QED) is 0.271. The summed E-state index contributed by atoms with van der Waals surface area (Å²) in [6, 6.07) is 13.2. The van der Waals surface area contributed by atoms with Gasteiger partial charge in [-0.25, -0.2) is 0 Å². The highest BCUT2D eigenvalue weighted by molar-refractivity contribution is 6.35. The van der Waals surface area contributed by atoms with E-state index in [9.17, 15) is 14.4 Å². The lowest BCUT2D eigenvalue weighted by molar-refractivity contribution is -0.135. The van der Waals surface area contributed by atoms with E-state index in [1.807, 2.05) is 50.2 Å². The summed E-state index contributed by atoms with van der Waals surface area (Å²) in [6.07, 6.45) is 3.47. The monoisotopic (exact) mass is 606 g/mol. The summed E-state index contributed by atoms with van der Waals surface area (Å²) >= 11 is 19.2. The predicted octanol–water partition coefficient (Wildman–Crippen LogP) is 8.17. The van der Waals surface area contributed by atoms with Crippen molar-refractivity contribution in [3.63, 3.8) is 0 Å². The molecule has 218 valence electrons. The predicted molar refractivity (Wildman–Crippen MR) is 164 cm³/mol. The van der Waals surface area contributed by atoms with Gasteiger partial charge in [0.1, 0.15) is 0 Å². The highest BCUT2D eigenvalue weighted by Crippen LogP contribution is 2.51. The van der Waals surface area contributed by atoms with Crippen molar-refractivity contribution < 1.29 is 14.4 Å². The van der Waals surface area contributed by atoms with E-state index in [4.69, 9.17) is 34.8 Å². The molecule has 1 saturated carbocycles. The fraction of sp³-hybridized carbons (Fsp3) is 0.531. The maximum Gasteiger partial charge on any atom is 0.230 e. The van der Waals surface area contributed by atoms with E-state index in [-0.39, 0.29) is 35.5 Å². The van der Waals surface area contributed by atoms with Crippen LogP contribution in [0.25, 0.3) is 0 Å². The van der Waals surface area contributed by atoms with Gasteiger partial charge in [-0.05, 0) is 90.7 Å². The molecule has 0 spiro atoms. The molecule has 2 aromatic rings. The molecule has 8 heteroatoms. The van der Waals surface area contributed by atoms with Crippen LogP contribution in [-0.4, -0.2) is 24.3 Å². The van der Waals surface area contributed by atoms with E-state index in [0.29, 0.717) is 65.6 Å². The largest absolute Gasteiger partial charge is 0.356 e. The van der Waals surface area contributed by atoms with Crippen LogP contribution in [0.1, 0.15) is 89.2 Å². The number of rotatable bonds is 11. The Labute approximate surface area is 253 Å². The fourth-order valence-corrected chi connectivity index (χ4v) is 6.34. The molecule has 1 fully saturated rings. The van der Waals surface area contributed by atoms with Gasteiger partial charge in [-0.2, -0.15) is 0 Å². The van der Waals surface area contributed by atoms with Crippen LogP contribution in [0.15, 0.2) is 42.5 Å². The molecule has 0 saturated heterocycles. The molecule has 0 bridgehead atoms. The van der Waals surface area contributed by atoms with Gasteiger partial charge in [0.25, 0.3) is 0 Å². The second kappa shape index (κ2) is 15.2. The van der Waals surface area contributed by atoms with Gasteiger partial charge in [0, 0.05) is 40.4 Å². The molecule has 3 rings (SSSR count). The molecular formula is C32H41Cl3N2O3. The van der Waals surface area contributed by atoms with Crippen molar-refractivity contribution in [3.8, 4) is 0 Å². The summed E-state index contributed by atoms with van der Waals surface area (Å²) in [4.78, 5) is 39.0. The minimum atomic E-state index is -0.462. The van der Waals surface area contributed by atoms with E-state index in [1.165, 1.54) is 0 Å². The molecule has 0 aromatic heterocycles. The molecule has 0 aliphatic heterocycles. The number of halogens is 3. The summed E-state index contributed by atoms with van der Waals surface area (Å²) in [5, 5.41) is 7.51. The van der Waals surface area contributed by atoms with Crippen LogP contribution < -0.4 is 10.6 Å². The molecule has 3 amide bonds. The molecule has 2 aromatic carbocycles. The Bertz CT molecular complexity index is 1170. The highest BCUT2D eigenvalue weighted by Gasteiger charge is 2.44. The number of benzene rings is 2. The van der Waals surface area contributed by atoms with Gasteiger partial charge in [-0.15, -0.1) is 0 Å². The molecule has 1 aliphatic rings. The van der Waals surface area contributed by atoms with E-state index in [2.05, 4.69) is 24.5 Å². The van der Waals surface area contributed by atoms with Crippen LogP contribution in [0.4, 0.5) is 0 Å². The number of hydrogen-bond acceptors (Lipinski definition) is 3. The molecule has 0 radical (unpaired) electrons. The zero-order valence-electron chi connectivity index (χ0n) is 23.8. The first kappa shape index (κ1) is 32.4. The number of carbonyl (C=O) groups excluding carboxylic acids is 3. The zero-order chi connectivity index (χ0) is 29.4. The van der Waals surface area contributed by atoms with E-state index in [0.717, 1.165) is 17.5 Å². The first-order valence-corrected chi connectivity index (χ1v) is 15.4. The number of amides is 3. The van der Waals surface area contributed by atoms with Crippen LogP contribution in [0.5, 0.6) is 0 Å². The molecule has 2 N–H and O–H groups in total. The van der Waals surface area contributed by atoms with Crippen LogP contribution >= 0.6 is 34.8 Å². The Kier molecular flexibility index (Phi) is 12.4. The molecule has 40 heavy (non-hydrogen) atoms. The van der Waals surface area contributed by atoms with Crippen molar-refractivity contribution in [3.05, 3.63) is 68.7 Å². The normalized spacial score (nSPS) is 20.9. The third-order valence-corrected chi connectivity index (χ3v) is 8.66. The SMILES string of the molecule is CC(C)CCC(=O)NC[C@H]1[C@@H](c2ccc(Cl)cc2)[C@H](c2ccc(Cl)cc2Cl)CC[C@H]1C(=O)NC(=O)CCC(C)C. The van der Waals surface area contributed by atoms with E-state index in [1.54, 1.807) is 6.07 Å². The minimum absolute atomic E-state index is 0.0239. The molecule has 5 nitrogen and oxygen atoms in total. The molecule has 4 atom stereocenters. The topological polar surface area (TPSA) is 75.3 Å². The number of carbonyl (C=O) groups is 3. The van der Waals surface area contributed by atoms with Crippen molar-refractivity contribution in [2.45, 2.75) is 78.1 Å². The van der Waals surface area contributed by atoms with Crippen molar-refractivity contribution in [1.29, 1.82) is 0 Å². The Balaban J connectivity index is 1.98. The smallest absolute Gasteiger partial charge is 0.230 e. The van der Waals surface area contributed by atoms with Gasteiger partial charge < -0.3 is 5.32 Å². The molecular weight excluding hydrogens is 567 g/mol. The number of hydrogen-bond donors (Lipinski definition) is 2. The molecule has 0 heterocycles. The van der Waals surface area contributed by atoms with Gasteiger partial charge in [-0.1, -0.05) is 80.7 Å². The first-order valence-electron chi connectivity index (χ1n) is 14.3. The van der Waals surface area contributed by atoms with Crippen LogP contribution in [0, 0.1) is 23.7 Å². The second-order valence-electron chi connectivity index (χ2n) is 11.8. The first-order chi connectivity index (χ1) is 19.0. The maximum atomic E-state index is 13.6. The molecule has 0 unspecified atom stereocenters. The van der Waals surface area contributed by atoms with Gasteiger partial charge in [-0.3, -0.25) is 19.7 Å². The van der Waals surface area contributed by atoms with Crippen LogP contribution in [0.2, 0.25) is 15.1 Å². The molecule has 1 aliphatic carbocycles. The lowest BCUT2D eigenvalue weighted by atomic mass is 9.62.